The Labute approximate surface area is 103 Å². The van der Waals surface area contributed by atoms with Crippen molar-refractivity contribution in [2.45, 2.75) is 44.5 Å². The number of nitrogens with one attached hydrogen (secondary N) is 1. The maximum atomic E-state index is 4.20. The second-order valence-corrected chi connectivity index (χ2v) is 6.32. The lowest BCUT2D eigenvalue weighted by Crippen LogP contribution is -2.37. The molecule has 1 N–H and O–H groups in total. The van der Waals surface area contributed by atoms with Crippen molar-refractivity contribution in [1.82, 2.24) is 15.1 Å². The van der Waals surface area contributed by atoms with Crippen molar-refractivity contribution in [1.29, 1.82) is 0 Å². The van der Waals surface area contributed by atoms with Crippen molar-refractivity contribution in [3.8, 4) is 0 Å². The van der Waals surface area contributed by atoms with E-state index in [1.54, 1.807) is 0 Å². The van der Waals surface area contributed by atoms with Gasteiger partial charge in [-0.25, -0.2) is 0 Å². The number of hydrogen-bond acceptors (Lipinski definition) is 3. The van der Waals surface area contributed by atoms with Crippen LogP contribution < -0.4 is 5.32 Å². The quantitative estimate of drug-likeness (QED) is 0.795. The molecule has 1 heterocycles. The molecule has 0 fully saturated rings. The van der Waals surface area contributed by atoms with Crippen LogP contribution in [0.1, 0.15) is 27.2 Å². The Morgan fingerprint density at radius 2 is 2.25 bits per heavy atom. The molecule has 16 heavy (non-hydrogen) atoms. The minimum absolute atomic E-state index is 0.319. The largest absolute Gasteiger partial charge is 0.313 e. The van der Waals surface area contributed by atoms with Gasteiger partial charge in [-0.2, -0.15) is 16.9 Å². The summed E-state index contributed by atoms with van der Waals surface area (Å²) in [5, 5.41) is 7.77. The van der Waals surface area contributed by atoms with Gasteiger partial charge in [-0.1, -0.05) is 0 Å². The first-order valence-electron chi connectivity index (χ1n) is 5.79. The van der Waals surface area contributed by atoms with Gasteiger partial charge in [-0.3, -0.25) is 4.68 Å². The van der Waals surface area contributed by atoms with Crippen molar-refractivity contribution >= 4 is 11.8 Å². The molecule has 0 aliphatic rings. The normalized spacial score (nSPS) is 14.0. The van der Waals surface area contributed by atoms with Gasteiger partial charge in [-0.05, 0) is 39.5 Å². The van der Waals surface area contributed by atoms with E-state index in [1.165, 1.54) is 0 Å². The molecule has 1 aromatic rings. The summed E-state index contributed by atoms with van der Waals surface area (Å²) in [5.74, 6) is 0. The van der Waals surface area contributed by atoms with E-state index in [-0.39, 0.29) is 0 Å². The zero-order chi connectivity index (χ0) is 12.0. The van der Waals surface area contributed by atoms with E-state index in [2.05, 4.69) is 37.4 Å². The molecule has 92 valence electrons. The summed E-state index contributed by atoms with van der Waals surface area (Å²) in [5.41, 5.74) is 0. The van der Waals surface area contributed by atoms with Gasteiger partial charge in [0.2, 0.25) is 0 Å². The summed E-state index contributed by atoms with van der Waals surface area (Å²) >= 11 is 1.90. The van der Waals surface area contributed by atoms with Gasteiger partial charge in [0.05, 0.1) is 0 Å². The van der Waals surface area contributed by atoms with E-state index in [9.17, 15) is 0 Å². The minimum atomic E-state index is 0.319. The maximum Gasteiger partial charge on any atom is 0.0489 e. The number of aryl methyl sites for hydroxylation is 1. The van der Waals surface area contributed by atoms with Crippen LogP contribution in [0.3, 0.4) is 0 Å². The van der Waals surface area contributed by atoms with Crippen molar-refractivity contribution in [3.05, 3.63) is 18.5 Å². The molecule has 0 amide bonds. The van der Waals surface area contributed by atoms with Crippen molar-refractivity contribution < 1.29 is 0 Å². The topological polar surface area (TPSA) is 29.9 Å². The number of rotatable bonds is 7. The molecule has 1 aromatic heterocycles. The lowest BCUT2D eigenvalue weighted by molar-refractivity contribution is 0.442. The van der Waals surface area contributed by atoms with Crippen molar-refractivity contribution in [2.75, 3.05) is 12.8 Å². The van der Waals surface area contributed by atoms with Gasteiger partial charge in [-0.15, -0.1) is 0 Å². The summed E-state index contributed by atoms with van der Waals surface area (Å²) < 4.78 is 2.30. The monoisotopic (exact) mass is 241 g/mol. The molecule has 1 atom stereocenters. The van der Waals surface area contributed by atoms with Crippen molar-refractivity contribution in [3.63, 3.8) is 0 Å². The third kappa shape index (κ3) is 5.03. The Morgan fingerprint density at radius 3 is 2.81 bits per heavy atom. The van der Waals surface area contributed by atoms with E-state index in [0.29, 0.717) is 10.8 Å². The van der Waals surface area contributed by atoms with Gasteiger partial charge >= 0.3 is 0 Å². The molecule has 3 nitrogen and oxygen atoms in total. The van der Waals surface area contributed by atoms with Gasteiger partial charge in [0.25, 0.3) is 0 Å². The molecule has 1 rings (SSSR count). The Balaban J connectivity index is 2.18. The number of thioether (sulfide) groups is 1. The average Bonchev–Trinajstić information content (AvgIpc) is 2.76. The second kappa shape index (κ2) is 6.30. The van der Waals surface area contributed by atoms with Crippen molar-refractivity contribution in [2.24, 2.45) is 0 Å². The summed E-state index contributed by atoms with van der Waals surface area (Å²) in [4.78, 5) is 0. The lowest BCUT2D eigenvalue weighted by Gasteiger charge is -2.25. The number of nitrogens with zero attached hydrogens (tertiary/aromatic N) is 2. The fourth-order valence-electron chi connectivity index (χ4n) is 1.35. The Morgan fingerprint density at radius 1 is 1.50 bits per heavy atom. The molecule has 0 saturated heterocycles. The first kappa shape index (κ1) is 13.6. The summed E-state index contributed by atoms with van der Waals surface area (Å²) in [6, 6.07) is 2.50. The van der Waals surface area contributed by atoms with Crippen LogP contribution >= 0.6 is 11.8 Å². The molecule has 0 radical (unpaired) electrons. The van der Waals surface area contributed by atoms with Crippen LogP contribution in [-0.2, 0) is 6.54 Å². The highest BCUT2D eigenvalue weighted by Crippen LogP contribution is 2.19. The lowest BCUT2D eigenvalue weighted by atomic mass is 10.1. The first-order valence-corrected chi connectivity index (χ1v) is 7.02. The van der Waals surface area contributed by atoms with Crippen LogP contribution in [-0.4, -0.2) is 33.4 Å². The fraction of sp³-hybridized carbons (Fsp3) is 0.750. The molecule has 0 bridgehead atoms. The molecule has 1 unspecified atom stereocenters. The summed E-state index contributed by atoms with van der Waals surface area (Å²) in [7, 11) is 0. The van der Waals surface area contributed by atoms with Crippen LogP contribution in [0.4, 0.5) is 0 Å². The average molecular weight is 241 g/mol. The maximum absolute atomic E-state index is 4.20. The van der Waals surface area contributed by atoms with Crippen LogP contribution in [0.2, 0.25) is 0 Å². The SMILES string of the molecule is CSC(C)(C)CNC(C)CCn1cccn1. The third-order valence-corrected chi connectivity index (χ3v) is 4.03. The van der Waals surface area contributed by atoms with Crippen LogP contribution in [0, 0.1) is 0 Å². The Hall–Kier alpha value is -0.480. The van der Waals surface area contributed by atoms with E-state index < -0.39 is 0 Å². The van der Waals surface area contributed by atoms with Gasteiger partial charge in [0.15, 0.2) is 0 Å². The Bertz CT molecular complexity index is 282. The highest BCUT2D eigenvalue weighted by molar-refractivity contribution is 7.99. The molecule has 0 aromatic carbocycles. The smallest absolute Gasteiger partial charge is 0.0489 e. The van der Waals surface area contributed by atoms with E-state index in [0.717, 1.165) is 19.5 Å². The third-order valence-electron chi connectivity index (χ3n) is 2.78. The van der Waals surface area contributed by atoms with Crippen LogP contribution in [0.5, 0.6) is 0 Å². The highest BCUT2D eigenvalue weighted by atomic mass is 32.2. The molecule has 0 saturated carbocycles. The number of hydrogen-bond donors (Lipinski definition) is 1. The fourth-order valence-corrected chi connectivity index (χ4v) is 1.58. The van der Waals surface area contributed by atoms with Gasteiger partial charge < -0.3 is 5.32 Å². The van der Waals surface area contributed by atoms with E-state index in [1.807, 2.05) is 34.9 Å². The van der Waals surface area contributed by atoms with Crippen LogP contribution in [0.25, 0.3) is 0 Å². The zero-order valence-electron chi connectivity index (χ0n) is 10.7. The summed E-state index contributed by atoms with van der Waals surface area (Å²) in [6.45, 7) is 8.81. The standard InChI is InChI=1S/C12H23N3S/c1-11(13-10-12(2,3)16-4)6-9-15-8-5-7-14-15/h5,7-8,11,13H,6,9-10H2,1-4H3. The number of aromatic nitrogens is 2. The van der Waals surface area contributed by atoms with Gasteiger partial charge in [0.1, 0.15) is 0 Å². The highest BCUT2D eigenvalue weighted by Gasteiger charge is 2.16. The second-order valence-electron chi connectivity index (χ2n) is 4.80. The molecule has 0 spiro atoms. The zero-order valence-corrected chi connectivity index (χ0v) is 11.5. The van der Waals surface area contributed by atoms with E-state index in [4.69, 9.17) is 0 Å². The first-order chi connectivity index (χ1) is 7.53. The molecule has 4 heteroatoms. The molecular weight excluding hydrogens is 218 g/mol. The predicted molar refractivity (Wildman–Crippen MR) is 71.9 cm³/mol. The molecular formula is C12H23N3S. The Kier molecular flexibility index (Phi) is 5.35. The van der Waals surface area contributed by atoms with Gasteiger partial charge in [0, 0.05) is 36.3 Å². The minimum Gasteiger partial charge on any atom is -0.313 e. The summed E-state index contributed by atoms with van der Waals surface area (Å²) in [6.07, 6.45) is 7.12. The molecule has 0 aliphatic heterocycles. The van der Waals surface area contributed by atoms with E-state index >= 15 is 0 Å². The van der Waals surface area contributed by atoms with Crippen LogP contribution in [0.15, 0.2) is 18.5 Å². The predicted octanol–water partition coefficient (Wildman–Crippen LogP) is 2.39. The molecule has 0 aliphatic carbocycles.